The smallest absolute Gasteiger partial charge is 0.178 e. The van der Waals surface area contributed by atoms with Gasteiger partial charge in [0.15, 0.2) is 5.65 Å². The maximum Gasteiger partial charge on any atom is 0.178 e. The molecule has 0 aliphatic carbocycles. The molecule has 2 heterocycles. The molecule has 2 rings (SSSR count). The number of rotatable bonds is 3. The molecule has 1 atom stereocenters. The number of hydrogen-bond donors (Lipinski definition) is 0. The molecule has 0 N–H and O–H groups in total. The molecular weight excluding hydrogens is 202 g/mol. The van der Waals surface area contributed by atoms with Crippen molar-refractivity contribution in [1.29, 1.82) is 0 Å². The molecule has 0 saturated heterocycles. The van der Waals surface area contributed by atoms with Crippen LogP contribution in [0.4, 0.5) is 0 Å². The Morgan fingerprint density at radius 3 is 2.75 bits per heavy atom. The lowest BCUT2D eigenvalue weighted by Crippen LogP contribution is -2.09. The van der Waals surface area contributed by atoms with Crippen molar-refractivity contribution >= 4 is 16.9 Å². The number of ketones is 1. The molecule has 0 aliphatic heterocycles. The van der Waals surface area contributed by atoms with Gasteiger partial charge in [0.25, 0.3) is 0 Å². The van der Waals surface area contributed by atoms with Crippen LogP contribution in [0, 0.1) is 0 Å². The molecule has 4 heteroatoms. The van der Waals surface area contributed by atoms with E-state index in [-0.39, 0.29) is 11.7 Å². The van der Waals surface area contributed by atoms with Crippen LogP contribution in [0.1, 0.15) is 31.9 Å². The molecule has 4 nitrogen and oxygen atoms in total. The molecule has 82 valence electrons. The first-order valence-corrected chi connectivity index (χ1v) is 5.30. The monoisotopic (exact) mass is 215 g/mol. The van der Waals surface area contributed by atoms with Gasteiger partial charge in [0.1, 0.15) is 11.3 Å². The zero-order chi connectivity index (χ0) is 11.5. The molecule has 2 aromatic rings. The Hall–Kier alpha value is -1.84. The van der Waals surface area contributed by atoms with Gasteiger partial charge in [-0.25, -0.2) is 9.97 Å². The lowest BCUT2D eigenvalue weighted by molar-refractivity contribution is -0.118. The minimum Gasteiger partial charge on any atom is -0.299 e. The first kappa shape index (κ1) is 10.7. The summed E-state index contributed by atoms with van der Waals surface area (Å²) in [6.45, 7) is 3.57. The van der Waals surface area contributed by atoms with Gasteiger partial charge in [-0.15, -0.1) is 0 Å². The summed E-state index contributed by atoms with van der Waals surface area (Å²) in [5.41, 5.74) is 2.13. The molecule has 1 unspecified atom stereocenters. The van der Waals surface area contributed by atoms with Crippen LogP contribution in [0.25, 0.3) is 11.2 Å². The number of fused-ring (bicyclic) bond motifs is 1. The highest BCUT2D eigenvalue weighted by molar-refractivity contribution is 5.83. The fraction of sp³-hybridized carbons (Fsp3) is 0.333. The Labute approximate surface area is 93.8 Å². The third-order valence-electron chi connectivity index (χ3n) is 2.61. The van der Waals surface area contributed by atoms with E-state index in [2.05, 4.69) is 15.0 Å². The van der Waals surface area contributed by atoms with Gasteiger partial charge < -0.3 is 0 Å². The third kappa shape index (κ3) is 1.91. The van der Waals surface area contributed by atoms with Crippen molar-refractivity contribution in [2.75, 3.05) is 0 Å². The van der Waals surface area contributed by atoms with Crippen LogP contribution in [-0.2, 0) is 4.79 Å². The van der Waals surface area contributed by atoms with Crippen molar-refractivity contribution in [3.8, 4) is 0 Å². The van der Waals surface area contributed by atoms with Gasteiger partial charge in [0, 0.05) is 12.4 Å². The summed E-state index contributed by atoms with van der Waals surface area (Å²) < 4.78 is 0. The van der Waals surface area contributed by atoms with Crippen LogP contribution in [0.5, 0.6) is 0 Å². The van der Waals surface area contributed by atoms with E-state index in [0.717, 1.165) is 17.6 Å². The van der Waals surface area contributed by atoms with Crippen LogP contribution in [-0.4, -0.2) is 20.7 Å². The van der Waals surface area contributed by atoms with E-state index in [4.69, 9.17) is 0 Å². The van der Waals surface area contributed by atoms with Gasteiger partial charge in [-0.3, -0.25) is 9.78 Å². The van der Waals surface area contributed by atoms with Crippen molar-refractivity contribution in [3.05, 3.63) is 30.2 Å². The molecule has 0 amide bonds. The predicted octanol–water partition coefficient (Wildman–Crippen LogP) is 2.11. The SMILES string of the molecule is CCC(C(C)=O)c1ccc2nccnc2n1. The fourth-order valence-electron chi connectivity index (χ4n) is 1.77. The Bertz CT molecular complexity index is 524. The molecule has 0 aromatic carbocycles. The quantitative estimate of drug-likeness (QED) is 0.786. The van der Waals surface area contributed by atoms with Crippen LogP contribution in [0.15, 0.2) is 24.5 Å². The summed E-state index contributed by atoms with van der Waals surface area (Å²) in [5.74, 6) is 0.00430. The van der Waals surface area contributed by atoms with Gasteiger partial charge in [-0.2, -0.15) is 0 Å². The molecule has 0 aliphatic rings. The maximum absolute atomic E-state index is 11.4. The molecule has 0 fully saturated rings. The molecule has 0 saturated carbocycles. The zero-order valence-electron chi connectivity index (χ0n) is 9.34. The Kier molecular flexibility index (Phi) is 2.90. The maximum atomic E-state index is 11.4. The molecule has 0 spiro atoms. The van der Waals surface area contributed by atoms with Crippen LogP contribution < -0.4 is 0 Å². The lowest BCUT2D eigenvalue weighted by Gasteiger charge is -2.10. The average molecular weight is 215 g/mol. The van der Waals surface area contributed by atoms with Crippen LogP contribution in [0.2, 0.25) is 0 Å². The van der Waals surface area contributed by atoms with Crippen molar-refractivity contribution in [2.45, 2.75) is 26.2 Å². The highest BCUT2D eigenvalue weighted by Gasteiger charge is 2.16. The van der Waals surface area contributed by atoms with E-state index in [1.807, 2.05) is 19.1 Å². The lowest BCUT2D eigenvalue weighted by atomic mass is 9.97. The van der Waals surface area contributed by atoms with Crippen molar-refractivity contribution in [3.63, 3.8) is 0 Å². The van der Waals surface area contributed by atoms with Crippen LogP contribution >= 0.6 is 0 Å². The Morgan fingerprint density at radius 1 is 1.31 bits per heavy atom. The second kappa shape index (κ2) is 4.35. The standard InChI is InChI=1S/C12H13N3O/c1-3-9(8(2)16)10-4-5-11-12(15-10)14-7-6-13-11/h4-7,9H,3H2,1-2H3. The van der Waals surface area contributed by atoms with Crippen LogP contribution in [0.3, 0.4) is 0 Å². The number of nitrogens with zero attached hydrogens (tertiary/aromatic N) is 3. The largest absolute Gasteiger partial charge is 0.299 e. The topological polar surface area (TPSA) is 55.7 Å². The van der Waals surface area contributed by atoms with Crippen molar-refractivity contribution in [1.82, 2.24) is 15.0 Å². The summed E-state index contributed by atoms with van der Waals surface area (Å²) in [6, 6.07) is 3.71. The summed E-state index contributed by atoms with van der Waals surface area (Å²) >= 11 is 0. The first-order valence-electron chi connectivity index (χ1n) is 5.30. The van der Waals surface area contributed by atoms with E-state index in [0.29, 0.717) is 5.65 Å². The van der Waals surface area contributed by atoms with E-state index < -0.39 is 0 Å². The summed E-state index contributed by atoms with van der Waals surface area (Å²) in [7, 11) is 0. The van der Waals surface area contributed by atoms with E-state index in [1.54, 1.807) is 19.3 Å². The van der Waals surface area contributed by atoms with Gasteiger partial charge >= 0.3 is 0 Å². The number of hydrogen-bond acceptors (Lipinski definition) is 4. The molecule has 2 aromatic heterocycles. The second-order valence-corrected chi connectivity index (χ2v) is 3.71. The normalized spacial score (nSPS) is 12.6. The van der Waals surface area contributed by atoms with Crippen molar-refractivity contribution in [2.24, 2.45) is 0 Å². The summed E-state index contributed by atoms with van der Waals surface area (Å²) in [4.78, 5) is 24.1. The molecule has 0 bridgehead atoms. The number of aromatic nitrogens is 3. The minimum absolute atomic E-state index is 0.133. The van der Waals surface area contributed by atoms with Gasteiger partial charge in [-0.05, 0) is 25.5 Å². The Balaban J connectivity index is 2.49. The number of pyridine rings is 1. The van der Waals surface area contributed by atoms with Crippen molar-refractivity contribution < 1.29 is 4.79 Å². The number of Topliss-reactive ketones (excluding diaryl/α,β-unsaturated/α-hetero) is 1. The van der Waals surface area contributed by atoms with E-state index in [9.17, 15) is 4.79 Å². The summed E-state index contributed by atoms with van der Waals surface area (Å²) in [5, 5.41) is 0. The highest BCUT2D eigenvalue weighted by atomic mass is 16.1. The molecule has 0 radical (unpaired) electrons. The van der Waals surface area contributed by atoms with Gasteiger partial charge in [0.05, 0.1) is 11.6 Å². The molecule has 16 heavy (non-hydrogen) atoms. The number of carbonyl (C=O) groups excluding carboxylic acids is 1. The molecular formula is C12H13N3O. The van der Waals surface area contributed by atoms with E-state index >= 15 is 0 Å². The minimum atomic E-state index is -0.133. The average Bonchev–Trinajstić information content (AvgIpc) is 2.29. The second-order valence-electron chi connectivity index (χ2n) is 3.71. The number of carbonyl (C=O) groups is 1. The highest BCUT2D eigenvalue weighted by Crippen LogP contribution is 2.19. The van der Waals surface area contributed by atoms with Gasteiger partial charge in [-0.1, -0.05) is 6.92 Å². The third-order valence-corrected chi connectivity index (χ3v) is 2.61. The predicted molar refractivity (Wildman–Crippen MR) is 61.0 cm³/mol. The Morgan fingerprint density at radius 2 is 2.06 bits per heavy atom. The van der Waals surface area contributed by atoms with Gasteiger partial charge in [0.2, 0.25) is 0 Å². The fourth-order valence-corrected chi connectivity index (χ4v) is 1.77. The van der Waals surface area contributed by atoms with E-state index in [1.165, 1.54) is 0 Å². The summed E-state index contributed by atoms with van der Waals surface area (Å²) in [6.07, 6.45) is 3.99. The zero-order valence-corrected chi connectivity index (χ0v) is 9.34. The first-order chi connectivity index (χ1) is 7.72.